The highest BCUT2D eigenvalue weighted by molar-refractivity contribution is 7.89. The van der Waals surface area contributed by atoms with Crippen molar-refractivity contribution in [2.24, 2.45) is 0 Å². The van der Waals surface area contributed by atoms with Crippen LogP contribution in [0.2, 0.25) is 0 Å². The van der Waals surface area contributed by atoms with Crippen LogP contribution in [0.3, 0.4) is 0 Å². The van der Waals surface area contributed by atoms with Gasteiger partial charge in [-0.3, -0.25) is 14.3 Å². The number of amides is 1. The monoisotopic (exact) mass is 540 g/mol. The zero-order chi connectivity index (χ0) is 27.7. The maximum Gasteiger partial charge on any atom is 0.261 e. The fraction of sp³-hybridized carbons (Fsp3) is 0.440. The van der Waals surface area contributed by atoms with Gasteiger partial charge in [-0.05, 0) is 45.1 Å². The molecule has 3 heterocycles. The van der Waals surface area contributed by atoms with E-state index in [0.717, 1.165) is 4.31 Å². The molecule has 1 fully saturated rings. The number of aromatic amines is 1. The van der Waals surface area contributed by atoms with E-state index in [0.29, 0.717) is 38.0 Å². The van der Waals surface area contributed by atoms with E-state index in [1.54, 1.807) is 33.8 Å². The minimum absolute atomic E-state index is 0.0170. The molecule has 2 aromatic heterocycles. The molecule has 0 radical (unpaired) electrons. The van der Waals surface area contributed by atoms with Crippen molar-refractivity contribution in [1.29, 1.82) is 5.26 Å². The highest BCUT2D eigenvalue weighted by Gasteiger charge is 2.40. The smallest absolute Gasteiger partial charge is 0.261 e. The second-order valence-electron chi connectivity index (χ2n) is 9.91. The van der Waals surface area contributed by atoms with Crippen LogP contribution in [0, 0.1) is 11.3 Å². The Bertz CT molecular complexity index is 1540. The van der Waals surface area contributed by atoms with Crippen molar-refractivity contribution in [3.63, 3.8) is 0 Å². The summed E-state index contributed by atoms with van der Waals surface area (Å²) in [5.74, 6) is 0.204. The molecule has 1 aliphatic heterocycles. The summed E-state index contributed by atoms with van der Waals surface area (Å²) in [5, 5.41) is 17.8. The Morgan fingerprint density at radius 2 is 1.87 bits per heavy atom. The third-order valence-electron chi connectivity index (χ3n) is 6.86. The second-order valence-corrected chi connectivity index (χ2v) is 12.0. The van der Waals surface area contributed by atoms with Gasteiger partial charge < -0.3 is 20.1 Å². The number of likely N-dealkylation sites (tertiary alicyclic amines) is 1. The van der Waals surface area contributed by atoms with E-state index in [1.807, 2.05) is 19.0 Å². The Hall–Kier alpha value is -3.73. The Morgan fingerprint density at radius 1 is 1.18 bits per heavy atom. The number of pyridine rings is 1. The highest BCUT2D eigenvalue weighted by Crippen LogP contribution is 2.38. The first-order valence-electron chi connectivity index (χ1n) is 12.2. The molecule has 202 valence electrons. The number of rotatable bonds is 8. The number of H-pyrrole nitrogens is 1. The van der Waals surface area contributed by atoms with E-state index in [2.05, 4.69) is 16.4 Å². The van der Waals surface area contributed by atoms with Gasteiger partial charge >= 0.3 is 0 Å². The average molecular weight is 541 g/mol. The van der Waals surface area contributed by atoms with Crippen LogP contribution in [0.4, 0.5) is 11.5 Å². The average Bonchev–Trinajstić information content (AvgIpc) is 3.24. The van der Waals surface area contributed by atoms with Crippen LogP contribution < -0.4 is 10.9 Å². The molecule has 0 bridgehead atoms. The minimum Gasteiger partial charge on any atom is -0.341 e. The number of carbonyl (C=O) groups excluding carboxylic acids is 1. The number of aromatic nitrogens is 3. The predicted octanol–water partition coefficient (Wildman–Crippen LogP) is 1.51. The van der Waals surface area contributed by atoms with E-state index < -0.39 is 21.1 Å². The van der Waals surface area contributed by atoms with Gasteiger partial charge in [0.1, 0.15) is 10.3 Å². The molecule has 3 aromatic rings. The quantitative estimate of drug-likeness (QED) is 0.437. The number of para-hydroxylation sites is 1. The lowest BCUT2D eigenvalue weighted by Gasteiger charge is -2.41. The van der Waals surface area contributed by atoms with Crippen LogP contribution in [0.15, 0.2) is 46.2 Å². The fourth-order valence-corrected chi connectivity index (χ4v) is 5.84. The van der Waals surface area contributed by atoms with E-state index in [4.69, 9.17) is 5.10 Å². The second kappa shape index (κ2) is 10.6. The van der Waals surface area contributed by atoms with Crippen LogP contribution >= 0.6 is 0 Å². The first-order valence-corrected chi connectivity index (χ1v) is 13.6. The molecular formula is C25H32N8O4S. The number of carbonyl (C=O) groups is 1. The van der Waals surface area contributed by atoms with Gasteiger partial charge in [-0.1, -0.05) is 12.1 Å². The lowest BCUT2D eigenvalue weighted by atomic mass is 9.84. The fourth-order valence-electron chi connectivity index (χ4n) is 4.80. The standard InChI is InChI=1S/C25H32N8O4S/c1-30(2)17-21(34)32-15-11-25(10-13-26,12-16-32)33-19-9-14-27-24(35)22(19)23(29-33)28-18-7-5-6-8-20(18)38(36,37)31(3)4/h5-9,14H,10-12,15-17H2,1-4H3,(H,27,35)(H,28,29). The molecule has 0 spiro atoms. The number of hydrogen-bond acceptors (Lipinski definition) is 8. The molecule has 2 N–H and O–H groups in total. The molecule has 1 saturated heterocycles. The Balaban J connectivity index is 1.78. The van der Waals surface area contributed by atoms with Crippen LogP contribution in [0.25, 0.3) is 10.9 Å². The van der Waals surface area contributed by atoms with E-state index in [9.17, 15) is 23.3 Å². The number of nitrogens with zero attached hydrogens (tertiary/aromatic N) is 6. The maximum atomic E-state index is 13.0. The summed E-state index contributed by atoms with van der Waals surface area (Å²) in [5.41, 5.74) is -0.345. The van der Waals surface area contributed by atoms with E-state index >= 15 is 0 Å². The summed E-state index contributed by atoms with van der Waals surface area (Å²) < 4.78 is 28.7. The normalized spacial score (nSPS) is 15.7. The molecule has 0 saturated carbocycles. The molecule has 0 atom stereocenters. The molecule has 0 aliphatic carbocycles. The Labute approximate surface area is 221 Å². The number of benzene rings is 1. The molecule has 13 heteroatoms. The molecule has 38 heavy (non-hydrogen) atoms. The summed E-state index contributed by atoms with van der Waals surface area (Å²) >= 11 is 0. The molecular weight excluding hydrogens is 508 g/mol. The van der Waals surface area contributed by atoms with E-state index in [1.165, 1.54) is 26.4 Å². The topological polar surface area (TPSA) is 147 Å². The van der Waals surface area contributed by atoms with Crippen molar-refractivity contribution in [1.82, 2.24) is 28.9 Å². The number of likely N-dealkylation sites (N-methyl/N-ethyl adjacent to an activating group) is 1. The van der Waals surface area contributed by atoms with Gasteiger partial charge in [0, 0.05) is 33.4 Å². The van der Waals surface area contributed by atoms with Crippen molar-refractivity contribution in [2.45, 2.75) is 29.7 Å². The summed E-state index contributed by atoms with van der Waals surface area (Å²) in [7, 11) is 2.79. The number of fused-ring (bicyclic) bond motifs is 1. The van der Waals surface area contributed by atoms with Gasteiger partial charge in [0.15, 0.2) is 5.82 Å². The molecule has 1 aromatic carbocycles. The maximum absolute atomic E-state index is 13.0. The van der Waals surface area contributed by atoms with Crippen LogP contribution in [-0.4, -0.2) is 91.0 Å². The summed E-state index contributed by atoms with van der Waals surface area (Å²) in [6.45, 7) is 1.20. The lowest BCUT2D eigenvalue weighted by molar-refractivity contribution is -0.134. The van der Waals surface area contributed by atoms with Gasteiger partial charge in [-0.15, -0.1) is 0 Å². The van der Waals surface area contributed by atoms with Crippen LogP contribution in [0.1, 0.15) is 19.3 Å². The SMILES string of the molecule is CN(C)CC(=O)N1CCC(CC#N)(n2nc(Nc3ccccc3S(=O)(=O)N(C)C)c3c(=O)[nH]ccc32)CC1. The van der Waals surface area contributed by atoms with Crippen molar-refractivity contribution < 1.29 is 13.2 Å². The molecule has 1 aliphatic rings. The molecule has 4 rings (SSSR count). The van der Waals surface area contributed by atoms with Gasteiger partial charge in [0.05, 0.1) is 35.8 Å². The van der Waals surface area contributed by atoms with Gasteiger partial charge in [-0.25, -0.2) is 12.7 Å². The van der Waals surface area contributed by atoms with Crippen LogP contribution in [0.5, 0.6) is 0 Å². The predicted molar refractivity (Wildman–Crippen MR) is 144 cm³/mol. The van der Waals surface area contributed by atoms with Crippen molar-refractivity contribution in [3.05, 3.63) is 46.9 Å². The molecule has 0 unspecified atom stereocenters. The first kappa shape index (κ1) is 27.3. The largest absolute Gasteiger partial charge is 0.341 e. The zero-order valence-corrected chi connectivity index (χ0v) is 22.7. The number of nitrogens with one attached hydrogen (secondary N) is 2. The molecule has 12 nitrogen and oxygen atoms in total. The summed E-state index contributed by atoms with van der Waals surface area (Å²) in [6, 6.07) is 10.4. The number of piperidine rings is 1. The number of anilines is 2. The number of hydrogen-bond donors (Lipinski definition) is 2. The van der Waals surface area contributed by atoms with Crippen molar-refractivity contribution >= 4 is 38.3 Å². The number of nitriles is 1. The van der Waals surface area contributed by atoms with Gasteiger partial charge in [0.2, 0.25) is 15.9 Å². The van der Waals surface area contributed by atoms with Crippen LogP contribution in [-0.2, 0) is 20.4 Å². The Morgan fingerprint density at radius 3 is 2.50 bits per heavy atom. The van der Waals surface area contributed by atoms with Gasteiger partial charge in [-0.2, -0.15) is 10.4 Å². The lowest BCUT2D eigenvalue weighted by Crippen LogP contribution is -2.50. The Kier molecular flexibility index (Phi) is 7.59. The summed E-state index contributed by atoms with van der Waals surface area (Å²) in [6.07, 6.45) is 2.62. The van der Waals surface area contributed by atoms with Gasteiger partial charge in [0.25, 0.3) is 5.56 Å². The van der Waals surface area contributed by atoms with E-state index in [-0.39, 0.29) is 34.1 Å². The van der Waals surface area contributed by atoms with Crippen molar-refractivity contribution in [3.8, 4) is 6.07 Å². The first-order chi connectivity index (χ1) is 18.0. The third-order valence-corrected chi connectivity index (χ3v) is 8.73. The highest BCUT2D eigenvalue weighted by atomic mass is 32.2. The zero-order valence-electron chi connectivity index (χ0n) is 21.9. The van der Waals surface area contributed by atoms with Crippen molar-refractivity contribution in [2.75, 3.05) is 53.1 Å². The third kappa shape index (κ3) is 5.02. The summed E-state index contributed by atoms with van der Waals surface area (Å²) in [4.78, 5) is 31.9. The molecule has 1 amide bonds. The number of sulfonamides is 1. The minimum atomic E-state index is -3.78.